The number of carbonyl (C=O) groups excluding carboxylic acids is 3. The minimum Gasteiger partial charge on any atom is -0.383 e. The van der Waals surface area contributed by atoms with Crippen LogP contribution in [0.3, 0.4) is 0 Å². The second kappa shape index (κ2) is 20.1. The largest absolute Gasteiger partial charge is 0.383 e. The highest BCUT2D eigenvalue weighted by atomic mass is 32.2. The number of hydrogen-bond donors (Lipinski definition) is 3. The third kappa shape index (κ3) is 9.66. The Hall–Kier alpha value is -6.21. The van der Waals surface area contributed by atoms with Crippen LogP contribution in [-0.2, 0) is 33.5 Å². The fourth-order valence-corrected chi connectivity index (χ4v) is 12.1. The summed E-state index contributed by atoms with van der Waals surface area (Å²) in [6, 6.07) is 27.4. The van der Waals surface area contributed by atoms with Gasteiger partial charge in [-0.25, -0.2) is 14.2 Å². The van der Waals surface area contributed by atoms with Gasteiger partial charge in [0, 0.05) is 118 Å². The van der Waals surface area contributed by atoms with Gasteiger partial charge >= 0.3 is 26.4 Å². The van der Waals surface area contributed by atoms with Gasteiger partial charge in [-0.3, -0.25) is 14.5 Å². The number of fused-ring (bicyclic) bond motifs is 10. The third-order valence-electron chi connectivity index (χ3n) is 14.6. The number of rotatable bonds is 8. The third-order valence-corrected chi connectivity index (χ3v) is 17.4. The number of carbonyl (C=O) groups is 3. The number of urea groups is 1. The van der Waals surface area contributed by atoms with Crippen LogP contribution in [-0.4, -0.2) is 113 Å². The van der Waals surface area contributed by atoms with Crippen molar-refractivity contribution in [2.75, 3.05) is 65.6 Å². The van der Waals surface area contributed by atoms with E-state index in [-0.39, 0.29) is 11.6 Å². The molecule has 3 N–H and O–H groups in total. The molecule has 376 valence electrons. The summed E-state index contributed by atoms with van der Waals surface area (Å²) in [6.45, 7) is 2.58. The molecule has 10 rings (SSSR count). The van der Waals surface area contributed by atoms with Gasteiger partial charge in [0.05, 0.1) is 17.1 Å². The van der Waals surface area contributed by atoms with E-state index in [0.717, 1.165) is 73.6 Å². The molecule has 16 nitrogen and oxygen atoms in total. The molecule has 4 amide bonds. The predicted molar refractivity (Wildman–Crippen MR) is 281 cm³/mol. The number of anilines is 2. The quantitative estimate of drug-likeness (QED) is 0.136. The first-order valence-corrected chi connectivity index (χ1v) is 27.6. The molecular formula is C53H65N9O7S2. The Morgan fingerprint density at radius 1 is 0.563 bits per heavy atom. The van der Waals surface area contributed by atoms with Crippen LogP contribution in [0.25, 0.3) is 44.3 Å². The normalized spacial score (nSPS) is 16.4. The van der Waals surface area contributed by atoms with Crippen LogP contribution in [0.15, 0.2) is 84.9 Å². The zero-order chi connectivity index (χ0) is 50.4. The van der Waals surface area contributed by atoms with Gasteiger partial charge in [-0.15, -0.1) is 0 Å². The van der Waals surface area contributed by atoms with Crippen LogP contribution in [0, 0.1) is 0 Å². The summed E-state index contributed by atoms with van der Waals surface area (Å²) in [4.78, 5) is 42.4. The van der Waals surface area contributed by atoms with E-state index in [9.17, 15) is 31.2 Å². The number of amides is 4. The fraction of sp³-hybridized carbons (Fsp3) is 0.415. The Morgan fingerprint density at radius 3 is 1.54 bits per heavy atom. The molecule has 0 unspecified atom stereocenters. The van der Waals surface area contributed by atoms with Crippen LogP contribution in [0.4, 0.5) is 16.2 Å². The maximum Gasteiger partial charge on any atom is 0.324 e. The topological polar surface area (TPSA) is 178 Å². The summed E-state index contributed by atoms with van der Waals surface area (Å²) >= 11 is 0. The lowest BCUT2D eigenvalue weighted by molar-refractivity contribution is 0.0970. The molecule has 4 aromatic carbocycles. The van der Waals surface area contributed by atoms with Crippen molar-refractivity contribution in [2.24, 2.45) is 0 Å². The maximum absolute atomic E-state index is 13.2. The van der Waals surface area contributed by atoms with Gasteiger partial charge in [-0.05, 0) is 85.0 Å². The summed E-state index contributed by atoms with van der Waals surface area (Å²) in [5.41, 5.74) is 11.6. The molecular weight excluding hydrogens is 939 g/mol. The Kier molecular flexibility index (Phi) is 14.1. The average Bonchev–Trinajstić information content (AvgIpc) is 3.70. The monoisotopic (exact) mass is 1000 g/mol. The molecule has 2 aromatic heterocycles. The molecule has 2 aliphatic heterocycles. The number of aromatic nitrogens is 2. The van der Waals surface area contributed by atoms with E-state index in [1.165, 1.54) is 107 Å². The lowest BCUT2D eigenvalue weighted by Crippen LogP contribution is -2.40. The van der Waals surface area contributed by atoms with Crippen LogP contribution in [0.1, 0.15) is 108 Å². The number of nitrogens with one attached hydrogen (secondary N) is 3. The van der Waals surface area contributed by atoms with Crippen LogP contribution >= 0.6 is 0 Å². The van der Waals surface area contributed by atoms with Crippen molar-refractivity contribution in [3.63, 3.8) is 0 Å². The molecule has 18 heteroatoms. The van der Waals surface area contributed by atoms with Crippen molar-refractivity contribution in [3.05, 3.63) is 107 Å². The molecule has 2 aliphatic carbocycles. The molecule has 0 spiro atoms. The standard InChI is InChI=1S/C28H35N5O4S.C25H30N4O3S/c1-30(2)28(35)33-17-16-32-24-18-20(27(34)29-38(36,37)31(3)4)14-15-21(24)25(19-10-6-5-7-11-19)26(32)22-12-8-9-13-23(22)33;1-28(2)33(31,32)27-25(30)18-12-13-20-22(16-18)29-15-14-26-21-11-7-6-10-19(21)24(29)23(20)17-8-4-3-5-9-17/h8-9,12-15,18-19H,5-7,10-11,16-17H2,1-4H3,(H,29,34);6-7,10-13,16-17,26H,3-5,8-9,14-15H2,1-2H3,(H,27,30). The SMILES string of the molecule is CN(C)C(=O)N1CCn2c(c(C3CCCCC3)c3ccc(C(=O)NS(=O)(=O)N(C)C)cc32)-c2ccccc21.CN(C)S(=O)(=O)NC(=O)c1ccc2c(C3CCCCC3)c3n(c2c1)CCNc1ccccc1-3. The zero-order valence-electron chi connectivity index (χ0n) is 41.5. The van der Waals surface area contributed by atoms with E-state index in [1.807, 2.05) is 41.3 Å². The Morgan fingerprint density at radius 2 is 1.03 bits per heavy atom. The molecule has 4 aliphatic rings. The molecule has 6 aromatic rings. The molecule has 4 heterocycles. The fourth-order valence-electron chi connectivity index (χ4n) is 11.0. The highest BCUT2D eigenvalue weighted by Gasteiger charge is 2.34. The van der Waals surface area contributed by atoms with Gasteiger partial charge in [-0.2, -0.15) is 25.4 Å². The lowest BCUT2D eigenvalue weighted by Gasteiger charge is -2.27. The Labute approximate surface area is 417 Å². The van der Waals surface area contributed by atoms with Crippen molar-refractivity contribution >= 4 is 71.4 Å². The molecule has 71 heavy (non-hydrogen) atoms. The highest BCUT2D eigenvalue weighted by Crippen LogP contribution is 2.49. The highest BCUT2D eigenvalue weighted by molar-refractivity contribution is 7.88. The predicted octanol–water partition coefficient (Wildman–Crippen LogP) is 8.71. The molecule has 0 atom stereocenters. The molecule has 0 bridgehead atoms. The Balaban J connectivity index is 0.000000177. The molecule has 0 saturated heterocycles. The summed E-state index contributed by atoms with van der Waals surface area (Å²) in [5.74, 6) is -0.431. The van der Waals surface area contributed by atoms with E-state index in [1.54, 1.807) is 37.2 Å². The van der Waals surface area contributed by atoms with E-state index in [0.29, 0.717) is 30.5 Å². The summed E-state index contributed by atoms with van der Waals surface area (Å²) < 4.78 is 59.8. The van der Waals surface area contributed by atoms with Crippen LogP contribution < -0.4 is 19.7 Å². The van der Waals surface area contributed by atoms with Crippen molar-refractivity contribution in [3.8, 4) is 22.5 Å². The van der Waals surface area contributed by atoms with E-state index in [2.05, 4.69) is 54.2 Å². The van der Waals surface area contributed by atoms with Crippen molar-refractivity contribution < 1.29 is 31.2 Å². The van der Waals surface area contributed by atoms with Gasteiger partial charge in [-0.1, -0.05) is 87.1 Å². The van der Waals surface area contributed by atoms with Crippen molar-refractivity contribution in [1.29, 1.82) is 0 Å². The van der Waals surface area contributed by atoms with Gasteiger partial charge in [0.1, 0.15) is 0 Å². The first-order valence-electron chi connectivity index (χ1n) is 24.7. The lowest BCUT2D eigenvalue weighted by atomic mass is 9.81. The minimum absolute atomic E-state index is 0.0827. The minimum atomic E-state index is -3.92. The molecule has 2 fully saturated rings. The van der Waals surface area contributed by atoms with Crippen molar-refractivity contribution in [2.45, 2.75) is 89.1 Å². The van der Waals surface area contributed by atoms with Gasteiger partial charge in [0.2, 0.25) is 0 Å². The van der Waals surface area contributed by atoms with Crippen LogP contribution in [0.2, 0.25) is 0 Å². The second-order valence-corrected chi connectivity index (χ2v) is 23.5. The van der Waals surface area contributed by atoms with Crippen LogP contribution in [0.5, 0.6) is 0 Å². The Bertz CT molecular complexity index is 3260. The first kappa shape index (κ1) is 49.8. The van der Waals surface area contributed by atoms with Gasteiger partial charge < -0.3 is 19.4 Å². The van der Waals surface area contributed by atoms with Crippen molar-refractivity contribution in [1.82, 2.24) is 32.1 Å². The number of hydrogen-bond acceptors (Lipinski definition) is 8. The number of nitrogens with zero attached hydrogens (tertiary/aromatic N) is 6. The van der Waals surface area contributed by atoms with E-state index < -0.39 is 32.2 Å². The second-order valence-electron chi connectivity index (χ2n) is 19.7. The summed E-state index contributed by atoms with van der Waals surface area (Å²) in [6.07, 6.45) is 11.9. The number of para-hydroxylation sites is 2. The summed E-state index contributed by atoms with van der Waals surface area (Å²) in [7, 11) is 1.28. The summed E-state index contributed by atoms with van der Waals surface area (Å²) in [5, 5.41) is 5.80. The van der Waals surface area contributed by atoms with Gasteiger partial charge in [0.15, 0.2) is 0 Å². The number of benzene rings is 4. The smallest absolute Gasteiger partial charge is 0.324 e. The van der Waals surface area contributed by atoms with E-state index >= 15 is 0 Å². The van der Waals surface area contributed by atoms with E-state index in [4.69, 9.17) is 0 Å². The molecule has 2 saturated carbocycles. The first-order chi connectivity index (χ1) is 34.0. The maximum atomic E-state index is 13.2. The zero-order valence-corrected chi connectivity index (χ0v) is 43.1. The average molecular weight is 1000 g/mol. The molecule has 0 radical (unpaired) electrons. The van der Waals surface area contributed by atoms with Gasteiger partial charge in [0.25, 0.3) is 11.8 Å².